The standard InChI is InChI=1S/C25H27Br2N3O5/c1-6-14(3)23-29-20-9-8-17(26)11-18(20)24(31)30(23)28-13-16-10-21(34-7-2)22(12-19(16)27)35-15(4)25(32)33-5/h8-15H,6-7H2,1-5H3/t14-,15-/m1/s1. The van der Waals surface area contributed by atoms with E-state index in [4.69, 9.17) is 19.2 Å². The molecule has 0 amide bonds. The molecule has 0 N–H and O–H groups in total. The highest BCUT2D eigenvalue weighted by Crippen LogP contribution is 2.34. The third-order valence-corrected chi connectivity index (χ3v) is 6.58. The Balaban J connectivity index is 2.09. The molecular weight excluding hydrogens is 582 g/mol. The van der Waals surface area contributed by atoms with E-state index in [0.717, 1.165) is 10.9 Å². The van der Waals surface area contributed by atoms with Crippen LogP contribution in [-0.2, 0) is 9.53 Å². The summed E-state index contributed by atoms with van der Waals surface area (Å²) in [6.45, 7) is 7.88. The van der Waals surface area contributed by atoms with Gasteiger partial charge in [-0.1, -0.05) is 29.8 Å². The lowest BCUT2D eigenvalue weighted by molar-refractivity contribution is -0.147. The molecule has 0 aliphatic carbocycles. The number of fused-ring (bicyclic) bond motifs is 1. The minimum atomic E-state index is -0.815. The van der Waals surface area contributed by atoms with Crippen molar-refractivity contribution in [1.82, 2.24) is 9.66 Å². The van der Waals surface area contributed by atoms with Gasteiger partial charge in [0.1, 0.15) is 5.82 Å². The molecule has 3 aromatic rings. The molecule has 1 aromatic heterocycles. The molecule has 35 heavy (non-hydrogen) atoms. The smallest absolute Gasteiger partial charge is 0.346 e. The fourth-order valence-corrected chi connectivity index (χ4v) is 4.10. The van der Waals surface area contributed by atoms with Crippen LogP contribution >= 0.6 is 31.9 Å². The van der Waals surface area contributed by atoms with Crippen molar-refractivity contribution in [2.45, 2.75) is 46.1 Å². The van der Waals surface area contributed by atoms with E-state index in [2.05, 4.69) is 37.0 Å². The summed E-state index contributed by atoms with van der Waals surface area (Å²) in [4.78, 5) is 29.9. The number of benzene rings is 2. The Morgan fingerprint density at radius 2 is 1.91 bits per heavy atom. The van der Waals surface area contributed by atoms with Crippen LogP contribution in [-0.4, -0.2) is 41.7 Å². The molecule has 0 spiro atoms. The molecule has 0 unspecified atom stereocenters. The maximum Gasteiger partial charge on any atom is 0.346 e. The Labute approximate surface area is 220 Å². The molecule has 0 saturated heterocycles. The lowest BCUT2D eigenvalue weighted by Gasteiger charge is -2.17. The van der Waals surface area contributed by atoms with Gasteiger partial charge in [0.25, 0.3) is 5.56 Å². The summed E-state index contributed by atoms with van der Waals surface area (Å²) in [5.74, 6) is 0.913. The number of carbonyl (C=O) groups excluding carboxylic acids is 1. The van der Waals surface area contributed by atoms with E-state index < -0.39 is 12.1 Å². The topological polar surface area (TPSA) is 92.0 Å². The first-order valence-corrected chi connectivity index (χ1v) is 12.8. The summed E-state index contributed by atoms with van der Waals surface area (Å²) in [6, 6.07) is 8.85. The van der Waals surface area contributed by atoms with E-state index >= 15 is 0 Å². The molecule has 0 aliphatic rings. The van der Waals surface area contributed by atoms with Crippen molar-refractivity contribution in [2.75, 3.05) is 13.7 Å². The first kappa shape index (κ1) is 26.9. The SMILES string of the molecule is CCOc1cc(C=Nn2c([C@H](C)CC)nc3ccc(Br)cc3c2=O)c(Br)cc1O[C@H](C)C(=O)OC. The number of hydrogen-bond acceptors (Lipinski definition) is 7. The maximum atomic E-state index is 13.4. The van der Waals surface area contributed by atoms with Gasteiger partial charge in [0.2, 0.25) is 0 Å². The number of halogens is 2. The summed E-state index contributed by atoms with van der Waals surface area (Å²) in [5, 5.41) is 4.99. The third-order valence-electron chi connectivity index (χ3n) is 5.40. The van der Waals surface area contributed by atoms with Gasteiger partial charge in [-0.3, -0.25) is 4.79 Å². The maximum absolute atomic E-state index is 13.4. The Kier molecular flexibility index (Phi) is 9.07. The zero-order chi connectivity index (χ0) is 25.7. The molecule has 0 fully saturated rings. The molecule has 186 valence electrons. The minimum Gasteiger partial charge on any atom is -0.490 e. The number of esters is 1. The van der Waals surface area contributed by atoms with Gasteiger partial charge in [0, 0.05) is 20.4 Å². The number of ether oxygens (including phenoxy) is 3. The molecule has 2 aromatic carbocycles. The summed E-state index contributed by atoms with van der Waals surface area (Å²) < 4.78 is 19.0. The highest BCUT2D eigenvalue weighted by molar-refractivity contribution is 9.10. The predicted octanol–water partition coefficient (Wildman–Crippen LogP) is 5.66. The van der Waals surface area contributed by atoms with Gasteiger partial charge >= 0.3 is 5.97 Å². The first-order chi connectivity index (χ1) is 16.7. The third kappa shape index (κ3) is 6.10. The highest BCUT2D eigenvalue weighted by atomic mass is 79.9. The summed E-state index contributed by atoms with van der Waals surface area (Å²) in [7, 11) is 1.30. The van der Waals surface area contributed by atoms with E-state index in [1.165, 1.54) is 11.8 Å². The summed E-state index contributed by atoms with van der Waals surface area (Å²) in [5.41, 5.74) is 1.03. The molecule has 0 bridgehead atoms. The summed E-state index contributed by atoms with van der Waals surface area (Å²) in [6.07, 6.45) is 1.55. The Morgan fingerprint density at radius 1 is 1.17 bits per heavy atom. The van der Waals surface area contributed by atoms with Gasteiger partial charge in [0.05, 0.1) is 30.8 Å². The van der Waals surface area contributed by atoms with E-state index in [-0.39, 0.29) is 11.5 Å². The van der Waals surface area contributed by atoms with Crippen molar-refractivity contribution >= 4 is 54.9 Å². The van der Waals surface area contributed by atoms with Gasteiger partial charge in [-0.05, 0) is 66.5 Å². The van der Waals surface area contributed by atoms with E-state index in [1.807, 2.05) is 32.9 Å². The van der Waals surface area contributed by atoms with Crippen LogP contribution < -0.4 is 15.0 Å². The van der Waals surface area contributed by atoms with Crippen molar-refractivity contribution in [2.24, 2.45) is 5.10 Å². The first-order valence-electron chi connectivity index (χ1n) is 11.2. The van der Waals surface area contributed by atoms with Gasteiger partial charge < -0.3 is 14.2 Å². The normalized spacial score (nSPS) is 13.1. The molecule has 3 rings (SSSR count). The second-order valence-electron chi connectivity index (χ2n) is 7.84. The van der Waals surface area contributed by atoms with E-state index in [1.54, 1.807) is 31.3 Å². The number of carbonyl (C=O) groups is 1. The Morgan fingerprint density at radius 3 is 2.57 bits per heavy atom. The second-order valence-corrected chi connectivity index (χ2v) is 9.61. The average Bonchev–Trinajstić information content (AvgIpc) is 2.84. The molecule has 1 heterocycles. The van der Waals surface area contributed by atoms with Gasteiger partial charge in [-0.25, -0.2) is 9.78 Å². The highest BCUT2D eigenvalue weighted by Gasteiger charge is 2.19. The number of aromatic nitrogens is 2. The quantitative estimate of drug-likeness (QED) is 0.230. The van der Waals surface area contributed by atoms with E-state index in [9.17, 15) is 9.59 Å². The van der Waals surface area contributed by atoms with Crippen LogP contribution in [0.2, 0.25) is 0 Å². The van der Waals surface area contributed by atoms with Crippen molar-refractivity contribution in [1.29, 1.82) is 0 Å². The Hall–Kier alpha value is -2.72. The zero-order valence-corrected chi connectivity index (χ0v) is 23.3. The zero-order valence-electron chi connectivity index (χ0n) is 20.2. The monoisotopic (exact) mass is 607 g/mol. The number of hydrogen-bond donors (Lipinski definition) is 0. The molecule has 2 atom stereocenters. The van der Waals surface area contributed by atoms with Gasteiger partial charge in [-0.2, -0.15) is 9.78 Å². The molecule has 0 aliphatic heterocycles. The van der Waals surface area contributed by atoms with Crippen LogP contribution in [0.4, 0.5) is 0 Å². The van der Waals surface area contributed by atoms with Crippen LogP contribution in [0.15, 0.2) is 49.2 Å². The van der Waals surface area contributed by atoms with Crippen molar-refractivity contribution in [3.63, 3.8) is 0 Å². The number of nitrogens with zero attached hydrogens (tertiary/aromatic N) is 3. The van der Waals surface area contributed by atoms with Crippen LogP contribution in [0.25, 0.3) is 10.9 Å². The average molecular weight is 609 g/mol. The lowest BCUT2D eigenvalue weighted by atomic mass is 10.1. The van der Waals surface area contributed by atoms with Crippen LogP contribution in [0.5, 0.6) is 11.5 Å². The predicted molar refractivity (Wildman–Crippen MR) is 143 cm³/mol. The largest absolute Gasteiger partial charge is 0.490 e. The molecule has 0 saturated carbocycles. The molecule has 8 nitrogen and oxygen atoms in total. The van der Waals surface area contributed by atoms with Crippen molar-refractivity contribution in [3.8, 4) is 11.5 Å². The fraction of sp³-hybridized carbons (Fsp3) is 0.360. The molecule has 10 heteroatoms. The second kappa shape index (κ2) is 11.8. The van der Waals surface area contributed by atoms with Crippen LogP contribution in [0.1, 0.15) is 51.4 Å². The van der Waals surface area contributed by atoms with E-state index in [0.29, 0.717) is 44.9 Å². The number of rotatable bonds is 9. The van der Waals surface area contributed by atoms with Crippen molar-refractivity contribution < 1.29 is 19.0 Å². The Bertz CT molecular complexity index is 1320. The van der Waals surface area contributed by atoms with Crippen LogP contribution in [0, 0.1) is 0 Å². The molecule has 0 radical (unpaired) electrons. The van der Waals surface area contributed by atoms with Gasteiger partial charge in [0.15, 0.2) is 17.6 Å². The van der Waals surface area contributed by atoms with Gasteiger partial charge in [-0.15, -0.1) is 0 Å². The fourth-order valence-electron chi connectivity index (χ4n) is 3.31. The minimum absolute atomic E-state index is 0.0194. The summed E-state index contributed by atoms with van der Waals surface area (Å²) >= 11 is 6.95. The number of methoxy groups -OCH3 is 1. The van der Waals surface area contributed by atoms with Crippen LogP contribution in [0.3, 0.4) is 0 Å². The molecular formula is C25H27Br2N3O5. The van der Waals surface area contributed by atoms with Crippen molar-refractivity contribution in [3.05, 3.63) is 61.0 Å². The lowest BCUT2D eigenvalue weighted by Crippen LogP contribution is -2.25.